The van der Waals surface area contributed by atoms with Crippen molar-refractivity contribution in [1.82, 2.24) is 20.0 Å². The first-order valence-corrected chi connectivity index (χ1v) is 9.30. The second-order valence-corrected chi connectivity index (χ2v) is 7.50. The van der Waals surface area contributed by atoms with E-state index >= 15 is 0 Å². The molecule has 10 heteroatoms. The van der Waals surface area contributed by atoms with Crippen molar-refractivity contribution in [2.24, 2.45) is 0 Å². The van der Waals surface area contributed by atoms with E-state index in [1.807, 2.05) is 0 Å². The number of carbonyl (C=O) groups is 1. The van der Waals surface area contributed by atoms with Crippen molar-refractivity contribution in [3.8, 4) is 0 Å². The number of aryl methyl sites for hydroxylation is 1. The molecule has 1 N–H and O–H groups in total. The van der Waals surface area contributed by atoms with Gasteiger partial charge >= 0.3 is 0 Å². The van der Waals surface area contributed by atoms with E-state index in [0.29, 0.717) is 34.9 Å². The van der Waals surface area contributed by atoms with E-state index in [-0.39, 0.29) is 18.1 Å². The minimum absolute atomic E-state index is 0.112. The normalized spacial score (nSPS) is 21.1. The Morgan fingerprint density at radius 3 is 2.96 bits per heavy atom. The van der Waals surface area contributed by atoms with Gasteiger partial charge < -0.3 is 14.6 Å². The summed E-state index contributed by atoms with van der Waals surface area (Å²) in [5, 5.41) is 6.65. The summed E-state index contributed by atoms with van der Waals surface area (Å²) >= 11 is 1.18. The van der Waals surface area contributed by atoms with Gasteiger partial charge in [-0.2, -0.15) is 14.4 Å². The monoisotopic (exact) mass is 383 g/mol. The summed E-state index contributed by atoms with van der Waals surface area (Å²) < 4.78 is 24.8. The van der Waals surface area contributed by atoms with Crippen LogP contribution < -0.4 is 5.32 Å². The first-order chi connectivity index (χ1) is 12.4. The largest absolute Gasteiger partial charge is 0.370 e. The van der Waals surface area contributed by atoms with Gasteiger partial charge in [-0.3, -0.25) is 9.69 Å². The van der Waals surface area contributed by atoms with E-state index < -0.39 is 5.95 Å². The van der Waals surface area contributed by atoms with Crippen LogP contribution in [0.25, 0.3) is 0 Å². The molecule has 3 heterocycles. The minimum atomic E-state index is -0.517. The predicted octanol–water partition coefficient (Wildman–Crippen LogP) is 2.50. The molecule has 3 rings (SSSR count). The maximum absolute atomic E-state index is 14.0. The van der Waals surface area contributed by atoms with Gasteiger partial charge in [-0.05, 0) is 19.8 Å². The third-order valence-electron chi connectivity index (χ3n) is 4.26. The van der Waals surface area contributed by atoms with E-state index in [1.54, 1.807) is 6.92 Å². The van der Waals surface area contributed by atoms with Crippen LogP contribution in [-0.4, -0.2) is 44.6 Å². The molecule has 1 aliphatic rings. The minimum Gasteiger partial charge on any atom is -0.370 e. The summed E-state index contributed by atoms with van der Waals surface area (Å²) in [6.07, 6.45) is 1.80. The number of hydrogen-bond donors (Lipinski definition) is 1. The summed E-state index contributed by atoms with van der Waals surface area (Å²) in [5.41, 5.74) is 0. The lowest BCUT2D eigenvalue weighted by atomic mass is 10.0. The molecular weight excluding hydrogens is 361 g/mol. The van der Waals surface area contributed by atoms with Crippen LogP contribution in [0.2, 0.25) is 0 Å². The smallest absolute Gasteiger partial charge is 0.230 e. The summed E-state index contributed by atoms with van der Waals surface area (Å²) in [6, 6.07) is 0.242. The van der Waals surface area contributed by atoms with E-state index in [9.17, 15) is 9.18 Å². The van der Waals surface area contributed by atoms with Crippen LogP contribution in [0.3, 0.4) is 0 Å². The number of carbonyl (C=O) groups excluding carboxylic acids is 1. The summed E-state index contributed by atoms with van der Waals surface area (Å²) in [5.74, 6) is 0.303. The van der Waals surface area contributed by atoms with Gasteiger partial charge in [-0.15, -0.1) is 0 Å². The number of piperidine rings is 1. The molecule has 0 aromatic carbocycles. The standard InChI is InChI=1S/C16H22FN5O3S/c1-9-6-12(24-8-14-19-11(3)25-21-14)4-5-22(9)7-13-15(17)20-16(26-13)18-10(2)23/h9,12H,4-8H2,1-3H3,(H,18,20,23)/t9-,12+/m1/s1. The molecule has 0 aliphatic carbocycles. The number of amides is 1. The lowest BCUT2D eigenvalue weighted by Gasteiger charge is -2.37. The van der Waals surface area contributed by atoms with Gasteiger partial charge in [0.15, 0.2) is 11.0 Å². The van der Waals surface area contributed by atoms with Gasteiger partial charge in [0, 0.05) is 33.0 Å². The van der Waals surface area contributed by atoms with Crippen LogP contribution in [0.15, 0.2) is 4.52 Å². The Balaban J connectivity index is 1.51. The summed E-state index contributed by atoms with van der Waals surface area (Å²) in [7, 11) is 0. The van der Waals surface area contributed by atoms with E-state index in [0.717, 1.165) is 19.4 Å². The van der Waals surface area contributed by atoms with Gasteiger partial charge in [0.2, 0.25) is 17.7 Å². The first-order valence-electron chi connectivity index (χ1n) is 8.48. The van der Waals surface area contributed by atoms with Gasteiger partial charge in [0.05, 0.1) is 11.0 Å². The van der Waals surface area contributed by atoms with Crippen LogP contribution in [0.5, 0.6) is 0 Å². The molecule has 0 spiro atoms. The molecule has 0 unspecified atom stereocenters. The Morgan fingerprint density at radius 2 is 2.31 bits per heavy atom. The Bertz CT molecular complexity index is 765. The van der Waals surface area contributed by atoms with Crippen molar-refractivity contribution < 1.29 is 18.4 Å². The summed E-state index contributed by atoms with van der Waals surface area (Å²) in [6.45, 7) is 6.82. The zero-order chi connectivity index (χ0) is 18.7. The number of thiazole rings is 1. The molecule has 2 atom stereocenters. The molecule has 26 heavy (non-hydrogen) atoms. The number of hydrogen-bond acceptors (Lipinski definition) is 8. The van der Waals surface area contributed by atoms with Gasteiger partial charge in [0.25, 0.3) is 0 Å². The number of nitrogens with one attached hydrogen (secondary N) is 1. The highest BCUT2D eigenvalue weighted by Crippen LogP contribution is 2.27. The molecule has 0 saturated carbocycles. The number of ether oxygens (including phenoxy) is 1. The fraction of sp³-hybridized carbons (Fsp3) is 0.625. The van der Waals surface area contributed by atoms with Crippen molar-refractivity contribution in [2.45, 2.75) is 58.9 Å². The molecule has 1 aliphatic heterocycles. The van der Waals surface area contributed by atoms with Crippen molar-refractivity contribution >= 4 is 22.4 Å². The highest BCUT2D eigenvalue weighted by Gasteiger charge is 2.28. The SMILES string of the molecule is CC(=O)Nc1nc(F)c(CN2CC[C@H](OCc3noc(C)n3)C[C@H]2C)s1. The zero-order valence-electron chi connectivity index (χ0n) is 15.0. The van der Waals surface area contributed by atoms with Crippen LogP contribution >= 0.6 is 11.3 Å². The Kier molecular flexibility index (Phi) is 5.94. The molecule has 0 radical (unpaired) electrons. The van der Waals surface area contributed by atoms with Crippen molar-refractivity contribution in [2.75, 3.05) is 11.9 Å². The molecular formula is C16H22FN5O3S. The van der Waals surface area contributed by atoms with Gasteiger partial charge in [-0.25, -0.2) is 0 Å². The van der Waals surface area contributed by atoms with Crippen molar-refractivity contribution in [3.05, 3.63) is 22.5 Å². The summed E-state index contributed by atoms with van der Waals surface area (Å²) in [4.78, 5) is 21.7. The topological polar surface area (TPSA) is 93.4 Å². The average molecular weight is 383 g/mol. The molecule has 1 amide bonds. The highest BCUT2D eigenvalue weighted by molar-refractivity contribution is 7.15. The van der Waals surface area contributed by atoms with Gasteiger partial charge in [-0.1, -0.05) is 16.5 Å². The molecule has 2 aromatic rings. The van der Waals surface area contributed by atoms with E-state index in [2.05, 4.69) is 32.3 Å². The Hall–Kier alpha value is -1.91. The fourth-order valence-electron chi connectivity index (χ4n) is 2.98. The van der Waals surface area contributed by atoms with Crippen LogP contribution in [0.4, 0.5) is 9.52 Å². The fourth-order valence-corrected chi connectivity index (χ4v) is 3.89. The van der Waals surface area contributed by atoms with Gasteiger partial charge in [0.1, 0.15) is 6.61 Å². The number of aromatic nitrogens is 3. The first kappa shape index (κ1) is 18.9. The molecule has 1 fully saturated rings. The molecule has 0 bridgehead atoms. The maximum Gasteiger partial charge on any atom is 0.230 e. The number of anilines is 1. The molecule has 2 aromatic heterocycles. The lowest BCUT2D eigenvalue weighted by Crippen LogP contribution is -2.42. The molecule has 8 nitrogen and oxygen atoms in total. The predicted molar refractivity (Wildman–Crippen MR) is 93.1 cm³/mol. The van der Waals surface area contributed by atoms with Crippen LogP contribution in [0.1, 0.15) is 43.3 Å². The average Bonchev–Trinajstić information content (AvgIpc) is 3.13. The van der Waals surface area contributed by atoms with E-state index in [4.69, 9.17) is 9.26 Å². The maximum atomic E-state index is 14.0. The molecule has 142 valence electrons. The zero-order valence-corrected chi connectivity index (χ0v) is 15.8. The number of rotatable bonds is 6. The Labute approximate surface area is 154 Å². The van der Waals surface area contributed by atoms with Crippen LogP contribution in [0, 0.1) is 12.9 Å². The quantitative estimate of drug-likeness (QED) is 0.819. The third-order valence-corrected chi connectivity index (χ3v) is 5.19. The lowest BCUT2D eigenvalue weighted by molar-refractivity contribution is -0.114. The number of nitrogens with zero attached hydrogens (tertiary/aromatic N) is 4. The second-order valence-electron chi connectivity index (χ2n) is 6.42. The Morgan fingerprint density at radius 1 is 1.50 bits per heavy atom. The molecule has 1 saturated heterocycles. The second kappa shape index (κ2) is 8.19. The number of likely N-dealkylation sites (tertiary alicyclic amines) is 1. The highest BCUT2D eigenvalue weighted by atomic mass is 32.1. The van der Waals surface area contributed by atoms with Crippen LogP contribution in [-0.2, 0) is 22.7 Å². The van der Waals surface area contributed by atoms with E-state index in [1.165, 1.54) is 18.3 Å². The number of halogens is 1. The third kappa shape index (κ3) is 4.83. The van der Waals surface area contributed by atoms with Crippen molar-refractivity contribution in [1.29, 1.82) is 0 Å². The van der Waals surface area contributed by atoms with Crippen molar-refractivity contribution in [3.63, 3.8) is 0 Å².